The number of halogens is 2. The van der Waals surface area contributed by atoms with Crippen LogP contribution in [0.2, 0.25) is 10.0 Å². The van der Waals surface area contributed by atoms with Crippen molar-refractivity contribution < 1.29 is 9.32 Å². The third-order valence-corrected chi connectivity index (χ3v) is 6.15. The molecule has 3 unspecified atom stereocenters. The van der Waals surface area contributed by atoms with Crippen molar-refractivity contribution in [3.8, 4) is 0 Å². The highest BCUT2D eigenvalue weighted by molar-refractivity contribution is 6.42. The van der Waals surface area contributed by atoms with Gasteiger partial charge in [-0.05, 0) is 37.5 Å². The molecule has 2 saturated heterocycles. The van der Waals surface area contributed by atoms with E-state index in [4.69, 9.17) is 27.7 Å². The summed E-state index contributed by atoms with van der Waals surface area (Å²) in [5.74, 6) is 1.12. The molecule has 2 N–H and O–H groups in total. The number of aromatic nitrogens is 1. The van der Waals surface area contributed by atoms with Gasteiger partial charge in [-0.25, -0.2) is 0 Å². The zero-order valence-electron chi connectivity index (χ0n) is 15.0. The number of amides is 1. The van der Waals surface area contributed by atoms with E-state index in [0.29, 0.717) is 16.5 Å². The average Bonchev–Trinajstić information content (AvgIpc) is 3.36. The molecule has 1 amide bonds. The standard InChI is InChI=1S/C19H22Cl2N4O2/c1-11-7-17(27-24-11)13-10-22-23-19(13)16-3-2-6-25(16)18(26)9-12-4-5-14(20)15(21)8-12/h4-5,7-8,13,16,19,22-23H,2-3,6,9-10H2,1H3. The second kappa shape index (κ2) is 7.80. The predicted octanol–water partition coefficient (Wildman–Crippen LogP) is 3.08. The quantitative estimate of drug-likeness (QED) is 0.812. The van der Waals surface area contributed by atoms with Gasteiger partial charge in [0, 0.05) is 25.2 Å². The van der Waals surface area contributed by atoms with Gasteiger partial charge >= 0.3 is 0 Å². The van der Waals surface area contributed by atoms with Gasteiger partial charge in [-0.3, -0.25) is 15.6 Å². The van der Waals surface area contributed by atoms with Crippen LogP contribution in [-0.4, -0.2) is 41.1 Å². The van der Waals surface area contributed by atoms with Gasteiger partial charge in [0.05, 0.1) is 34.1 Å². The van der Waals surface area contributed by atoms with Crippen molar-refractivity contribution in [2.24, 2.45) is 0 Å². The summed E-state index contributed by atoms with van der Waals surface area (Å²) in [6, 6.07) is 7.54. The molecule has 2 aromatic rings. The Hall–Kier alpha value is -1.60. The summed E-state index contributed by atoms with van der Waals surface area (Å²) in [5, 5.41) is 4.99. The third kappa shape index (κ3) is 3.85. The smallest absolute Gasteiger partial charge is 0.227 e. The van der Waals surface area contributed by atoms with Crippen molar-refractivity contribution >= 4 is 29.1 Å². The molecular formula is C19H22Cl2N4O2. The van der Waals surface area contributed by atoms with E-state index in [1.807, 2.05) is 24.0 Å². The summed E-state index contributed by atoms with van der Waals surface area (Å²) < 4.78 is 5.49. The number of likely N-dealkylation sites (tertiary alicyclic amines) is 1. The number of nitrogens with one attached hydrogen (secondary N) is 2. The lowest BCUT2D eigenvalue weighted by molar-refractivity contribution is -0.131. The Morgan fingerprint density at radius 2 is 2.19 bits per heavy atom. The molecule has 1 aromatic carbocycles. The minimum absolute atomic E-state index is 0.0950. The first kappa shape index (κ1) is 18.7. The van der Waals surface area contributed by atoms with Crippen molar-refractivity contribution in [1.29, 1.82) is 0 Å². The van der Waals surface area contributed by atoms with Crippen LogP contribution < -0.4 is 10.9 Å². The lowest BCUT2D eigenvalue weighted by Gasteiger charge is -2.31. The molecule has 8 heteroatoms. The van der Waals surface area contributed by atoms with E-state index >= 15 is 0 Å². The molecule has 3 heterocycles. The number of benzene rings is 1. The maximum absolute atomic E-state index is 13.0. The molecule has 4 rings (SSSR count). The van der Waals surface area contributed by atoms with Crippen molar-refractivity contribution in [2.45, 2.75) is 44.2 Å². The third-order valence-electron chi connectivity index (χ3n) is 5.41. The molecule has 0 radical (unpaired) electrons. The first-order chi connectivity index (χ1) is 13.0. The van der Waals surface area contributed by atoms with E-state index in [9.17, 15) is 4.79 Å². The fourth-order valence-corrected chi connectivity index (χ4v) is 4.44. The van der Waals surface area contributed by atoms with Gasteiger partial charge in [0.2, 0.25) is 5.91 Å². The number of carbonyl (C=O) groups excluding carboxylic acids is 1. The summed E-state index contributed by atoms with van der Waals surface area (Å²) in [6.07, 6.45) is 2.29. The normalized spacial score (nSPS) is 25.3. The number of hydrogen-bond acceptors (Lipinski definition) is 5. The second-order valence-corrected chi connectivity index (χ2v) is 8.06. The Bertz CT molecular complexity index is 841. The number of carbonyl (C=O) groups is 1. The summed E-state index contributed by atoms with van der Waals surface area (Å²) in [4.78, 5) is 15.0. The van der Waals surface area contributed by atoms with Crippen molar-refractivity contribution in [3.05, 3.63) is 51.3 Å². The fraction of sp³-hybridized carbons (Fsp3) is 0.474. The van der Waals surface area contributed by atoms with E-state index < -0.39 is 0 Å². The van der Waals surface area contributed by atoms with Crippen LogP contribution in [0, 0.1) is 6.92 Å². The van der Waals surface area contributed by atoms with Crippen LogP contribution in [0.3, 0.4) is 0 Å². The molecule has 2 aliphatic heterocycles. The topological polar surface area (TPSA) is 70.4 Å². The Morgan fingerprint density at radius 3 is 2.93 bits per heavy atom. The first-order valence-electron chi connectivity index (χ1n) is 9.18. The Kier molecular flexibility index (Phi) is 5.41. The summed E-state index contributed by atoms with van der Waals surface area (Å²) in [6.45, 7) is 3.44. The Labute approximate surface area is 168 Å². The largest absolute Gasteiger partial charge is 0.361 e. The van der Waals surface area contributed by atoms with Gasteiger partial charge < -0.3 is 9.42 Å². The predicted molar refractivity (Wildman–Crippen MR) is 104 cm³/mol. The lowest BCUT2D eigenvalue weighted by Crippen LogP contribution is -2.50. The van der Waals surface area contributed by atoms with Gasteiger partial charge in [-0.15, -0.1) is 0 Å². The highest BCUT2D eigenvalue weighted by atomic mass is 35.5. The molecule has 1 aromatic heterocycles. The minimum atomic E-state index is 0.0950. The minimum Gasteiger partial charge on any atom is -0.361 e. The molecule has 6 nitrogen and oxygen atoms in total. The number of hydrogen-bond donors (Lipinski definition) is 2. The van der Waals surface area contributed by atoms with Crippen LogP contribution in [0.4, 0.5) is 0 Å². The zero-order valence-corrected chi connectivity index (χ0v) is 16.6. The molecular weight excluding hydrogens is 387 g/mol. The molecule has 27 heavy (non-hydrogen) atoms. The van der Waals surface area contributed by atoms with Crippen LogP contribution in [0.5, 0.6) is 0 Å². The molecule has 0 spiro atoms. The number of rotatable bonds is 4. The summed E-state index contributed by atoms with van der Waals surface area (Å²) in [7, 11) is 0. The molecule has 0 bridgehead atoms. The maximum atomic E-state index is 13.0. The summed E-state index contributed by atoms with van der Waals surface area (Å²) >= 11 is 12.1. The monoisotopic (exact) mass is 408 g/mol. The van der Waals surface area contributed by atoms with E-state index in [-0.39, 0.29) is 23.9 Å². The van der Waals surface area contributed by atoms with E-state index in [0.717, 1.165) is 42.9 Å². The molecule has 0 saturated carbocycles. The van der Waals surface area contributed by atoms with Gasteiger partial charge in [0.1, 0.15) is 5.76 Å². The summed E-state index contributed by atoms with van der Waals surface area (Å²) in [5.41, 5.74) is 8.32. The highest BCUT2D eigenvalue weighted by Crippen LogP contribution is 2.32. The van der Waals surface area contributed by atoms with Gasteiger partial charge in [-0.1, -0.05) is 34.4 Å². The van der Waals surface area contributed by atoms with Crippen LogP contribution in [-0.2, 0) is 11.2 Å². The van der Waals surface area contributed by atoms with Gasteiger partial charge in [0.15, 0.2) is 0 Å². The lowest BCUT2D eigenvalue weighted by atomic mass is 9.91. The molecule has 2 fully saturated rings. The highest BCUT2D eigenvalue weighted by Gasteiger charge is 2.42. The van der Waals surface area contributed by atoms with Gasteiger partial charge in [0.25, 0.3) is 0 Å². The second-order valence-electron chi connectivity index (χ2n) is 7.25. The van der Waals surface area contributed by atoms with Crippen molar-refractivity contribution in [1.82, 2.24) is 20.9 Å². The van der Waals surface area contributed by atoms with Crippen LogP contribution in [0.15, 0.2) is 28.8 Å². The number of hydrazine groups is 1. The molecule has 144 valence electrons. The van der Waals surface area contributed by atoms with E-state index in [1.54, 1.807) is 12.1 Å². The van der Waals surface area contributed by atoms with Crippen LogP contribution in [0.1, 0.15) is 35.8 Å². The zero-order chi connectivity index (χ0) is 19.0. The molecule has 0 aliphatic carbocycles. The van der Waals surface area contributed by atoms with Gasteiger partial charge in [-0.2, -0.15) is 0 Å². The van der Waals surface area contributed by atoms with E-state index in [1.165, 1.54) is 0 Å². The Morgan fingerprint density at radius 1 is 1.33 bits per heavy atom. The maximum Gasteiger partial charge on any atom is 0.227 e. The number of aryl methyl sites for hydroxylation is 1. The fourth-order valence-electron chi connectivity index (χ4n) is 4.12. The Balaban J connectivity index is 1.49. The van der Waals surface area contributed by atoms with E-state index in [2.05, 4.69) is 16.0 Å². The molecule has 3 atom stereocenters. The molecule has 2 aliphatic rings. The first-order valence-corrected chi connectivity index (χ1v) is 9.93. The van der Waals surface area contributed by atoms with Crippen LogP contribution >= 0.6 is 23.2 Å². The van der Waals surface area contributed by atoms with Crippen molar-refractivity contribution in [3.63, 3.8) is 0 Å². The van der Waals surface area contributed by atoms with Crippen LogP contribution in [0.25, 0.3) is 0 Å². The SMILES string of the molecule is Cc1cc(C2CNNC2C2CCCN2C(=O)Cc2ccc(Cl)c(Cl)c2)on1. The number of nitrogens with zero attached hydrogens (tertiary/aromatic N) is 2. The van der Waals surface area contributed by atoms with Crippen molar-refractivity contribution in [2.75, 3.05) is 13.1 Å². The average molecular weight is 409 g/mol.